The van der Waals surface area contributed by atoms with Crippen molar-refractivity contribution in [2.45, 2.75) is 11.4 Å². The third kappa shape index (κ3) is 3.65. The van der Waals surface area contributed by atoms with E-state index in [1.54, 1.807) is 24.3 Å². The van der Waals surface area contributed by atoms with Gasteiger partial charge in [0.15, 0.2) is 0 Å². The van der Waals surface area contributed by atoms with Crippen LogP contribution >= 0.6 is 0 Å². The first-order chi connectivity index (χ1) is 9.90. The number of sulfonamides is 1. The van der Waals surface area contributed by atoms with E-state index >= 15 is 0 Å². The third-order valence-electron chi connectivity index (χ3n) is 2.86. The van der Waals surface area contributed by atoms with Crippen molar-refractivity contribution in [3.8, 4) is 0 Å². The number of benzene rings is 2. The molecule has 0 atom stereocenters. The lowest BCUT2D eigenvalue weighted by Gasteiger charge is -2.08. The zero-order valence-corrected chi connectivity index (χ0v) is 11.8. The summed E-state index contributed by atoms with van der Waals surface area (Å²) < 4.78 is 39.8. The molecule has 0 saturated carbocycles. The molecule has 0 heterocycles. The summed E-state index contributed by atoms with van der Waals surface area (Å²) in [4.78, 5) is -0.384. The molecule has 0 radical (unpaired) electrons. The van der Waals surface area contributed by atoms with Crippen LogP contribution in [0.2, 0.25) is 0 Å². The fourth-order valence-corrected chi connectivity index (χ4v) is 2.82. The largest absolute Gasteiger partial charge is 0.384 e. The van der Waals surface area contributed by atoms with Crippen molar-refractivity contribution >= 4 is 15.9 Å². The van der Waals surface area contributed by atoms with Crippen molar-refractivity contribution in [1.82, 2.24) is 4.72 Å². The van der Waals surface area contributed by atoms with Gasteiger partial charge in [0.25, 0.3) is 0 Å². The van der Waals surface area contributed by atoms with E-state index in [9.17, 15) is 12.8 Å². The minimum absolute atomic E-state index is 0.0227. The number of amidine groups is 1. The molecule has 0 fully saturated rings. The maximum atomic E-state index is 13.5. The Kier molecular flexibility index (Phi) is 4.35. The van der Waals surface area contributed by atoms with Crippen LogP contribution < -0.4 is 10.5 Å². The first-order valence-electron chi connectivity index (χ1n) is 6.08. The topological polar surface area (TPSA) is 96.0 Å². The maximum absolute atomic E-state index is 13.5. The standard InChI is InChI=1S/C14H14FN3O2S/c15-12-3-1-2-4-13(12)21(19,20)18-9-10-5-7-11(8-6-10)14(16)17/h1-8,18H,9H2,(H3,16,17). The molecule has 2 aromatic rings. The number of rotatable bonds is 5. The summed E-state index contributed by atoms with van der Waals surface area (Å²) >= 11 is 0. The fourth-order valence-electron chi connectivity index (χ4n) is 1.72. The van der Waals surface area contributed by atoms with Crippen molar-refractivity contribution < 1.29 is 12.8 Å². The molecular weight excluding hydrogens is 293 g/mol. The Morgan fingerprint density at radius 2 is 1.76 bits per heavy atom. The van der Waals surface area contributed by atoms with Crippen molar-refractivity contribution in [3.05, 3.63) is 65.5 Å². The average molecular weight is 307 g/mol. The van der Waals surface area contributed by atoms with E-state index in [4.69, 9.17) is 11.1 Å². The number of halogens is 1. The van der Waals surface area contributed by atoms with E-state index in [0.29, 0.717) is 11.1 Å². The summed E-state index contributed by atoms with van der Waals surface area (Å²) in [6.07, 6.45) is 0. The number of nitrogens with two attached hydrogens (primary N) is 1. The fraction of sp³-hybridized carbons (Fsp3) is 0.0714. The predicted molar refractivity (Wildman–Crippen MR) is 77.9 cm³/mol. The Balaban J connectivity index is 2.12. The van der Waals surface area contributed by atoms with Crippen molar-refractivity contribution in [3.63, 3.8) is 0 Å². The van der Waals surface area contributed by atoms with Crippen LogP contribution in [0, 0.1) is 11.2 Å². The molecular formula is C14H14FN3O2S. The van der Waals surface area contributed by atoms with Crippen LogP contribution in [-0.4, -0.2) is 14.3 Å². The second kappa shape index (κ2) is 6.02. The second-order valence-corrected chi connectivity index (χ2v) is 6.10. The van der Waals surface area contributed by atoms with Crippen LogP contribution in [0.1, 0.15) is 11.1 Å². The lowest BCUT2D eigenvalue weighted by Crippen LogP contribution is -2.24. The highest BCUT2D eigenvalue weighted by atomic mass is 32.2. The van der Waals surface area contributed by atoms with Crippen LogP contribution in [-0.2, 0) is 16.6 Å². The SMILES string of the molecule is N=C(N)c1ccc(CNS(=O)(=O)c2ccccc2F)cc1. The molecule has 0 saturated heterocycles. The molecule has 7 heteroatoms. The number of nitrogens with one attached hydrogen (secondary N) is 2. The zero-order chi connectivity index (χ0) is 15.5. The number of hydrogen-bond donors (Lipinski definition) is 3. The Morgan fingerprint density at radius 1 is 1.14 bits per heavy atom. The minimum atomic E-state index is -3.91. The van der Waals surface area contributed by atoms with E-state index in [-0.39, 0.29) is 17.3 Å². The summed E-state index contributed by atoms with van der Waals surface area (Å²) in [5, 5.41) is 7.27. The molecule has 0 aromatic heterocycles. The van der Waals surface area contributed by atoms with Gasteiger partial charge in [-0.2, -0.15) is 0 Å². The highest BCUT2D eigenvalue weighted by Gasteiger charge is 2.17. The molecule has 2 aromatic carbocycles. The van der Waals surface area contributed by atoms with Gasteiger partial charge in [0.2, 0.25) is 10.0 Å². The Hall–Kier alpha value is -2.25. The molecule has 0 spiro atoms. The third-order valence-corrected chi connectivity index (χ3v) is 4.29. The maximum Gasteiger partial charge on any atom is 0.243 e. The molecule has 0 aliphatic carbocycles. The summed E-state index contributed by atoms with van der Waals surface area (Å²) in [7, 11) is -3.91. The lowest BCUT2D eigenvalue weighted by molar-refractivity contribution is 0.557. The Labute approximate surface area is 122 Å². The van der Waals surface area contributed by atoms with Crippen molar-refractivity contribution in [1.29, 1.82) is 5.41 Å². The van der Waals surface area contributed by atoms with E-state index in [1.165, 1.54) is 18.2 Å². The van der Waals surface area contributed by atoms with E-state index < -0.39 is 15.8 Å². The normalized spacial score (nSPS) is 11.3. The monoisotopic (exact) mass is 307 g/mol. The van der Waals surface area contributed by atoms with Gasteiger partial charge >= 0.3 is 0 Å². The van der Waals surface area contributed by atoms with Crippen LogP contribution in [0.5, 0.6) is 0 Å². The van der Waals surface area contributed by atoms with E-state index in [0.717, 1.165) is 6.07 Å². The van der Waals surface area contributed by atoms with Crippen LogP contribution in [0.15, 0.2) is 53.4 Å². The van der Waals surface area contributed by atoms with Crippen LogP contribution in [0.4, 0.5) is 4.39 Å². The van der Waals surface area contributed by atoms with Gasteiger partial charge in [0, 0.05) is 12.1 Å². The highest BCUT2D eigenvalue weighted by Crippen LogP contribution is 2.14. The van der Waals surface area contributed by atoms with Gasteiger partial charge in [0.1, 0.15) is 16.5 Å². The molecule has 0 unspecified atom stereocenters. The highest BCUT2D eigenvalue weighted by molar-refractivity contribution is 7.89. The van der Waals surface area contributed by atoms with Gasteiger partial charge in [-0.25, -0.2) is 17.5 Å². The molecule has 0 bridgehead atoms. The first-order valence-corrected chi connectivity index (χ1v) is 7.56. The van der Waals surface area contributed by atoms with Crippen molar-refractivity contribution in [2.24, 2.45) is 5.73 Å². The van der Waals surface area contributed by atoms with Crippen LogP contribution in [0.3, 0.4) is 0 Å². The molecule has 2 rings (SSSR count). The molecule has 4 N–H and O–H groups in total. The molecule has 21 heavy (non-hydrogen) atoms. The van der Waals surface area contributed by atoms with Gasteiger partial charge in [-0.1, -0.05) is 36.4 Å². The van der Waals surface area contributed by atoms with Gasteiger partial charge < -0.3 is 5.73 Å². The van der Waals surface area contributed by atoms with E-state index in [1.807, 2.05) is 0 Å². The summed E-state index contributed by atoms with van der Waals surface area (Å²) in [6, 6.07) is 11.7. The van der Waals surface area contributed by atoms with Crippen molar-refractivity contribution in [2.75, 3.05) is 0 Å². The summed E-state index contributed by atoms with van der Waals surface area (Å²) in [5.41, 5.74) is 6.56. The first kappa shape index (κ1) is 15.1. The van der Waals surface area contributed by atoms with Gasteiger partial charge in [-0.3, -0.25) is 5.41 Å². The summed E-state index contributed by atoms with van der Waals surface area (Å²) in [5.74, 6) is -0.856. The molecule has 0 aliphatic heterocycles. The van der Waals surface area contributed by atoms with Crippen LogP contribution in [0.25, 0.3) is 0 Å². The summed E-state index contributed by atoms with van der Waals surface area (Å²) in [6.45, 7) is 0.0227. The Morgan fingerprint density at radius 3 is 2.33 bits per heavy atom. The molecule has 110 valence electrons. The average Bonchev–Trinajstić information content (AvgIpc) is 2.46. The number of nitrogen functional groups attached to an aromatic ring is 1. The van der Waals surface area contributed by atoms with Gasteiger partial charge in [-0.15, -0.1) is 0 Å². The number of hydrogen-bond acceptors (Lipinski definition) is 3. The smallest absolute Gasteiger partial charge is 0.243 e. The second-order valence-electron chi connectivity index (χ2n) is 4.37. The molecule has 0 aliphatic rings. The predicted octanol–water partition coefficient (Wildman–Crippen LogP) is 1.59. The van der Waals surface area contributed by atoms with Gasteiger partial charge in [0.05, 0.1) is 0 Å². The van der Waals surface area contributed by atoms with Gasteiger partial charge in [-0.05, 0) is 17.7 Å². The Bertz CT molecular complexity index is 758. The molecule has 5 nitrogen and oxygen atoms in total. The zero-order valence-electron chi connectivity index (χ0n) is 11.0. The molecule has 0 amide bonds. The van der Waals surface area contributed by atoms with E-state index in [2.05, 4.69) is 4.72 Å². The lowest BCUT2D eigenvalue weighted by atomic mass is 10.1. The minimum Gasteiger partial charge on any atom is -0.384 e. The quantitative estimate of drug-likeness (QED) is 0.578.